The molecule has 0 aliphatic carbocycles. The SMILES string of the molecule is CC(C)Oc1ccc(C(C)NC(C)c2nc(N)nc(Nc3ccccc3)n2)cc1. The fourth-order valence-corrected chi connectivity index (χ4v) is 2.96. The Morgan fingerprint density at radius 2 is 1.52 bits per heavy atom. The fourth-order valence-electron chi connectivity index (χ4n) is 2.96. The molecular formula is C22H28N6O. The van der Waals surface area contributed by atoms with E-state index in [0.717, 1.165) is 17.0 Å². The number of anilines is 3. The summed E-state index contributed by atoms with van der Waals surface area (Å²) in [6.07, 6.45) is 0.157. The molecule has 3 aromatic rings. The highest BCUT2D eigenvalue weighted by molar-refractivity contribution is 5.53. The first-order valence-electron chi connectivity index (χ1n) is 9.77. The van der Waals surface area contributed by atoms with E-state index in [2.05, 4.69) is 44.6 Å². The summed E-state index contributed by atoms with van der Waals surface area (Å²) >= 11 is 0. The van der Waals surface area contributed by atoms with Gasteiger partial charge in [-0.15, -0.1) is 0 Å². The Hall–Kier alpha value is -3.19. The van der Waals surface area contributed by atoms with Crippen LogP contribution < -0.4 is 21.1 Å². The fraction of sp³-hybridized carbons (Fsp3) is 0.318. The minimum atomic E-state index is -0.113. The maximum atomic E-state index is 5.91. The average Bonchev–Trinajstić information content (AvgIpc) is 2.68. The number of aromatic nitrogens is 3. The molecule has 2 atom stereocenters. The van der Waals surface area contributed by atoms with Crippen LogP contribution in [-0.4, -0.2) is 21.1 Å². The molecule has 29 heavy (non-hydrogen) atoms. The Bertz CT molecular complexity index is 914. The van der Waals surface area contributed by atoms with Crippen LogP contribution in [0.4, 0.5) is 17.6 Å². The Labute approximate surface area is 171 Å². The summed E-state index contributed by atoms with van der Waals surface area (Å²) < 4.78 is 5.71. The molecule has 0 saturated heterocycles. The van der Waals surface area contributed by atoms with Gasteiger partial charge in [0.15, 0.2) is 5.82 Å². The highest BCUT2D eigenvalue weighted by Crippen LogP contribution is 2.22. The van der Waals surface area contributed by atoms with Crippen LogP contribution in [0.2, 0.25) is 0 Å². The van der Waals surface area contributed by atoms with Crippen molar-refractivity contribution in [2.75, 3.05) is 11.1 Å². The highest BCUT2D eigenvalue weighted by atomic mass is 16.5. The lowest BCUT2D eigenvalue weighted by atomic mass is 10.1. The summed E-state index contributed by atoms with van der Waals surface area (Å²) in [5.41, 5.74) is 7.95. The number of ether oxygens (including phenoxy) is 1. The molecule has 3 rings (SSSR count). The number of nitrogen functional groups attached to an aromatic ring is 1. The Balaban J connectivity index is 1.68. The summed E-state index contributed by atoms with van der Waals surface area (Å²) in [7, 11) is 0. The van der Waals surface area contributed by atoms with Gasteiger partial charge in [0, 0.05) is 11.7 Å². The van der Waals surface area contributed by atoms with E-state index in [9.17, 15) is 0 Å². The van der Waals surface area contributed by atoms with E-state index >= 15 is 0 Å². The largest absolute Gasteiger partial charge is 0.491 e. The van der Waals surface area contributed by atoms with Crippen LogP contribution in [0.3, 0.4) is 0 Å². The van der Waals surface area contributed by atoms with Gasteiger partial charge in [0.1, 0.15) is 5.75 Å². The molecule has 0 radical (unpaired) electrons. The number of nitrogens with two attached hydrogens (primary N) is 1. The Morgan fingerprint density at radius 1 is 0.828 bits per heavy atom. The van der Waals surface area contributed by atoms with Crippen molar-refractivity contribution in [2.45, 2.75) is 45.9 Å². The zero-order chi connectivity index (χ0) is 20.8. The van der Waals surface area contributed by atoms with E-state index in [1.165, 1.54) is 0 Å². The first-order chi connectivity index (χ1) is 13.9. The van der Waals surface area contributed by atoms with Crippen molar-refractivity contribution < 1.29 is 4.74 Å². The average molecular weight is 393 g/mol. The van der Waals surface area contributed by atoms with Crippen molar-refractivity contribution in [1.82, 2.24) is 20.3 Å². The molecule has 0 fully saturated rings. The van der Waals surface area contributed by atoms with Gasteiger partial charge < -0.3 is 21.1 Å². The number of para-hydroxylation sites is 1. The van der Waals surface area contributed by atoms with Gasteiger partial charge in [-0.05, 0) is 57.5 Å². The van der Waals surface area contributed by atoms with Gasteiger partial charge in [-0.3, -0.25) is 0 Å². The van der Waals surface area contributed by atoms with Crippen LogP contribution in [-0.2, 0) is 0 Å². The molecule has 0 aliphatic heterocycles. The molecule has 7 heteroatoms. The van der Waals surface area contributed by atoms with Crippen molar-refractivity contribution in [2.24, 2.45) is 0 Å². The number of rotatable bonds is 8. The molecule has 0 aliphatic rings. The third-order valence-corrected chi connectivity index (χ3v) is 4.34. The van der Waals surface area contributed by atoms with Gasteiger partial charge in [-0.2, -0.15) is 15.0 Å². The molecule has 152 valence electrons. The lowest BCUT2D eigenvalue weighted by molar-refractivity contribution is 0.242. The van der Waals surface area contributed by atoms with Crippen molar-refractivity contribution in [3.8, 4) is 5.75 Å². The molecule has 7 nitrogen and oxygen atoms in total. The second-order valence-electron chi connectivity index (χ2n) is 7.21. The lowest BCUT2D eigenvalue weighted by Gasteiger charge is -2.20. The van der Waals surface area contributed by atoms with E-state index in [1.54, 1.807) is 0 Å². The van der Waals surface area contributed by atoms with Crippen LogP contribution >= 0.6 is 0 Å². The van der Waals surface area contributed by atoms with Crippen molar-refractivity contribution >= 4 is 17.6 Å². The summed E-state index contributed by atoms with van der Waals surface area (Å²) in [4.78, 5) is 13.0. The molecule has 0 amide bonds. The van der Waals surface area contributed by atoms with E-state index in [4.69, 9.17) is 10.5 Å². The second-order valence-corrected chi connectivity index (χ2v) is 7.21. The quantitative estimate of drug-likeness (QED) is 0.523. The number of nitrogens with one attached hydrogen (secondary N) is 2. The molecule has 0 spiro atoms. The van der Waals surface area contributed by atoms with Crippen molar-refractivity contribution in [3.63, 3.8) is 0 Å². The van der Waals surface area contributed by atoms with Crippen LogP contribution in [0.1, 0.15) is 51.2 Å². The minimum Gasteiger partial charge on any atom is -0.491 e. The number of hydrogen-bond acceptors (Lipinski definition) is 7. The third-order valence-electron chi connectivity index (χ3n) is 4.34. The van der Waals surface area contributed by atoms with Crippen molar-refractivity contribution in [3.05, 3.63) is 66.0 Å². The first-order valence-corrected chi connectivity index (χ1v) is 9.77. The number of nitrogens with zero attached hydrogens (tertiary/aromatic N) is 3. The van der Waals surface area contributed by atoms with Crippen molar-refractivity contribution in [1.29, 1.82) is 0 Å². The van der Waals surface area contributed by atoms with Gasteiger partial charge in [-0.1, -0.05) is 30.3 Å². The maximum absolute atomic E-state index is 5.91. The van der Waals surface area contributed by atoms with Gasteiger partial charge in [0.05, 0.1) is 12.1 Å². The molecule has 1 heterocycles. The van der Waals surface area contributed by atoms with Crippen LogP contribution in [0.5, 0.6) is 5.75 Å². The zero-order valence-corrected chi connectivity index (χ0v) is 17.3. The van der Waals surface area contributed by atoms with E-state index in [0.29, 0.717) is 11.8 Å². The zero-order valence-electron chi connectivity index (χ0n) is 17.3. The normalized spacial score (nSPS) is 13.1. The minimum absolute atomic E-state index is 0.0987. The van der Waals surface area contributed by atoms with E-state index < -0.39 is 0 Å². The first kappa shape index (κ1) is 20.5. The topological polar surface area (TPSA) is 98.0 Å². The smallest absolute Gasteiger partial charge is 0.232 e. The summed E-state index contributed by atoms with van der Waals surface area (Å²) in [6.45, 7) is 8.14. The molecule has 2 aromatic carbocycles. The molecular weight excluding hydrogens is 364 g/mol. The summed E-state index contributed by atoms with van der Waals surface area (Å²) in [6, 6.07) is 17.8. The van der Waals surface area contributed by atoms with Gasteiger partial charge in [-0.25, -0.2) is 0 Å². The summed E-state index contributed by atoms with van der Waals surface area (Å²) in [5, 5.41) is 6.68. The predicted octanol–water partition coefficient (Wildman–Crippen LogP) is 4.40. The van der Waals surface area contributed by atoms with Gasteiger partial charge in [0.2, 0.25) is 11.9 Å². The lowest BCUT2D eigenvalue weighted by Crippen LogP contribution is -2.25. The molecule has 2 unspecified atom stereocenters. The number of hydrogen-bond donors (Lipinski definition) is 3. The second kappa shape index (κ2) is 9.34. The monoisotopic (exact) mass is 392 g/mol. The third kappa shape index (κ3) is 5.89. The molecule has 0 saturated carbocycles. The highest BCUT2D eigenvalue weighted by Gasteiger charge is 2.16. The van der Waals surface area contributed by atoms with Gasteiger partial charge in [0.25, 0.3) is 0 Å². The van der Waals surface area contributed by atoms with Gasteiger partial charge >= 0.3 is 0 Å². The molecule has 4 N–H and O–H groups in total. The predicted molar refractivity (Wildman–Crippen MR) is 116 cm³/mol. The van der Waals surface area contributed by atoms with E-state index in [-0.39, 0.29) is 24.1 Å². The van der Waals surface area contributed by atoms with E-state index in [1.807, 2.05) is 63.2 Å². The molecule has 1 aromatic heterocycles. The van der Waals surface area contributed by atoms with Crippen LogP contribution in [0.25, 0.3) is 0 Å². The Kier molecular flexibility index (Phi) is 6.61. The maximum Gasteiger partial charge on any atom is 0.232 e. The molecule has 0 bridgehead atoms. The Morgan fingerprint density at radius 3 is 2.17 bits per heavy atom. The van der Waals surface area contributed by atoms with Crippen LogP contribution in [0.15, 0.2) is 54.6 Å². The standard InChI is InChI=1S/C22H28N6O/c1-14(2)29-19-12-10-17(11-13-19)15(3)24-16(4)20-26-21(23)28-22(27-20)25-18-8-6-5-7-9-18/h5-16,24H,1-4H3,(H3,23,25,26,27,28). The van der Waals surface area contributed by atoms with Crippen LogP contribution in [0, 0.1) is 0 Å². The number of benzene rings is 2. The summed E-state index contributed by atoms with van der Waals surface area (Å²) in [5.74, 6) is 2.06.